The molecular formula is C17H20N2O4S. The molecule has 0 N–H and O–H groups in total. The number of aliphatic imine (C=N–C) groups is 1. The van der Waals surface area contributed by atoms with Gasteiger partial charge in [-0.25, -0.2) is 4.79 Å². The standard InChI is InChI=1S/C17H20N2O4S/c1-10-5-4-6-13(9-10)15-14(17(20)23-7-8-24)11(2)18-12(3)16(15)19(21)22/h4-6,9,15-16,24H,7-8H2,1-3H3. The summed E-state index contributed by atoms with van der Waals surface area (Å²) >= 11 is 4.02. The van der Waals surface area contributed by atoms with Crippen molar-refractivity contribution in [1.82, 2.24) is 0 Å². The van der Waals surface area contributed by atoms with Crippen LogP contribution in [-0.2, 0) is 9.53 Å². The molecule has 1 aromatic carbocycles. The number of nitrogens with zero attached hydrogens (tertiary/aromatic N) is 2. The van der Waals surface area contributed by atoms with Gasteiger partial charge in [-0.15, -0.1) is 0 Å². The smallest absolute Gasteiger partial charge is 0.336 e. The lowest BCUT2D eigenvalue weighted by Crippen LogP contribution is -2.40. The fourth-order valence-electron chi connectivity index (χ4n) is 2.99. The zero-order valence-corrected chi connectivity index (χ0v) is 14.7. The lowest BCUT2D eigenvalue weighted by molar-refractivity contribution is -0.505. The van der Waals surface area contributed by atoms with Crippen molar-refractivity contribution in [1.29, 1.82) is 0 Å². The third kappa shape index (κ3) is 3.67. The molecule has 0 saturated carbocycles. The summed E-state index contributed by atoms with van der Waals surface area (Å²) in [6.07, 6.45) is 0. The van der Waals surface area contributed by atoms with Crippen LogP contribution in [0.15, 0.2) is 40.5 Å². The Hall–Kier alpha value is -2.15. The van der Waals surface area contributed by atoms with E-state index in [9.17, 15) is 14.9 Å². The van der Waals surface area contributed by atoms with Crippen LogP contribution in [0.2, 0.25) is 0 Å². The Morgan fingerprint density at radius 1 is 1.38 bits per heavy atom. The Morgan fingerprint density at radius 3 is 2.67 bits per heavy atom. The fraction of sp³-hybridized carbons (Fsp3) is 0.412. The quantitative estimate of drug-likeness (QED) is 0.384. The highest BCUT2D eigenvalue weighted by atomic mass is 32.1. The van der Waals surface area contributed by atoms with Gasteiger partial charge in [-0.3, -0.25) is 15.1 Å². The average Bonchev–Trinajstić information content (AvgIpc) is 2.51. The molecule has 0 saturated heterocycles. The molecule has 0 aliphatic carbocycles. The maximum absolute atomic E-state index is 12.5. The SMILES string of the molecule is CC1=NC(C)=C(C(=O)OCCS)C(c2cccc(C)c2)C1[N+](=O)[O-]. The third-order valence-electron chi connectivity index (χ3n) is 3.96. The van der Waals surface area contributed by atoms with Gasteiger partial charge in [0.05, 0.1) is 17.2 Å². The maximum atomic E-state index is 12.5. The molecule has 24 heavy (non-hydrogen) atoms. The van der Waals surface area contributed by atoms with Crippen molar-refractivity contribution < 1.29 is 14.5 Å². The Morgan fingerprint density at radius 2 is 2.08 bits per heavy atom. The van der Waals surface area contributed by atoms with Gasteiger partial charge in [-0.2, -0.15) is 12.6 Å². The van der Waals surface area contributed by atoms with E-state index in [-0.39, 0.29) is 17.1 Å². The molecule has 2 rings (SSSR count). The monoisotopic (exact) mass is 348 g/mol. The van der Waals surface area contributed by atoms with Gasteiger partial charge in [0.2, 0.25) is 0 Å². The lowest BCUT2D eigenvalue weighted by atomic mass is 9.80. The number of thiol groups is 1. The Labute approximate surface area is 146 Å². The van der Waals surface area contributed by atoms with Crippen molar-refractivity contribution in [2.75, 3.05) is 12.4 Å². The van der Waals surface area contributed by atoms with Crippen LogP contribution in [0, 0.1) is 17.0 Å². The van der Waals surface area contributed by atoms with Crippen LogP contribution in [0.3, 0.4) is 0 Å². The molecule has 0 amide bonds. The molecule has 0 radical (unpaired) electrons. The number of hydrogen-bond acceptors (Lipinski definition) is 6. The van der Waals surface area contributed by atoms with E-state index < -0.39 is 17.9 Å². The van der Waals surface area contributed by atoms with Gasteiger partial charge < -0.3 is 4.74 Å². The number of carbonyl (C=O) groups excluding carboxylic acids is 1. The topological polar surface area (TPSA) is 81.8 Å². The molecule has 1 aliphatic rings. The second kappa shape index (κ2) is 7.61. The molecular weight excluding hydrogens is 328 g/mol. The number of nitro groups is 1. The second-order valence-electron chi connectivity index (χ2n) is 5.73. The highest BCUT2D eigenvalue weighted by Crippen LogP contribution is 2.37. The van der Waals surface area contributed by atoms with Crippen LogP contribution in [0.4, 0.5) is 0 Å². The molecule has 2 atom stereocenters. The second-order valence-corrected chi connectivity index (χ2v) is 6.18. The first-order valence-electron chi connectivity index (χ1n) is 7.60. The van der Waals surface area contributed by atoms with Crippen molar-refractivity contribution in [2.24, 2.45) is 4.99 Å². The fourth-order valence-corrected chi connectivity index (χ4v) is 3.08. The van der Waals surface area contributed by atoms with Gasteiger partial charge in [0.25, 0.3) is 6.04 Å². The molecule has 0 bridgehead atoms. The van der Waals surface area contributed by atoms with Gasteiger partial charge in [0, 0.05) is 16.4 Å². The van der Waals surface area contributed by atoms with Crippen LogP contribution in [-0.4, -0.2) is 35.0 Å². The normalized spacial score (nSPS) is 20.6. The summed E-state index contributed by atoms with van der Waals surface area (Å²) in [4.78, 5) is 28.0. The molecule has 2 unspecified atom stereocenters. The van der Waals surface area contributed by atoms with Crippen LogP contribution >= 0.6 is 12.6 Å². The van der Waals surface area contributed by atoms with Crippen molar-refractivity contribution in [3.05, 3.63) is 56.8 Å². The number of esters is 1. The van der Waals surface area contributed by atoms with E-state index >= 15 is 0 Å². The molecule has 1 heterocycles. The molecule has 1 aliphatic heterocycles. The van der Waals surface area contributed by atoms with E-state index in [0.717, 1.165) is 5.56 Å². The highest BCUT2D eigenvalue weighted by molar-refractivity contribution is 7.80. The van der Waals surface area contributed by atoms with Crippen molar-refractivity contribution in [3.63, 3.8) is 0 Å². The number of rotatable bonds is 5. The predicted octanol–water partition coefficient (Wildman–Crippen LogP) is 2.95. The molecule has 128 valence electrons. The number of allylic oxidation sites excluding steroid dienone is 1. The van der Waals surface area contributed by atoms with E-state index in [1.54, 1.807) is 19.9 Å². The third-order valence-corrected chi connectivity index (χ3v) is 4.14. The summed E-state index contributed by atoms with van der Waals surface area (Å²) in [7, 11) is 0. The van der Waals surface area contributed by atoms with Crippen molar-refractivity contribution in [3.8, 4) is 0 Å². The van der Waals surface area contributed by atoms with E-state index in [4.69, 9.17) is 4.74 Å². The Balaban J connectivity index is 2.59. The predicted molar refractivity (Wildman–Crippen MR) is 95.3 cm³/mol. The van der Waals surface area contributed by atoms with E-state index in [2.05, 4.69) is 17.6 Å². The molecule has 0 spiro atoms. The number of benzene rings is 1. The zero-order valence-electron chi connectivity index (χ0n) is 13.9. The molecule has 7 heteroatoms. The number of carbonyl (C=O) groups is 1. The Bertz CT molecular complexity index is 727. The molecule has 0 aromatic heterocycles. The molecule has 0 fully saturated rings. The minimum atomic E-state index is -1.09. The van der Waals surface area contributed by atoms with Gasteiger partial charge in [0.1, 0.15) is 6.61 Å². The van der Waals surface area contributed by atoms with Crippen LogP contribution < -0.4 is 0 Å². The summed E-state index contributed by atoms with van der Waals surface area (Å²) in [5.41, 5.74) is 2.77. The average molecular weight is 348 g/mol. The first-order valence-corrected chi connectivity index (χ1v) is 8.24. The van der Waals surface area contributed by atoms with Crippen LogP contribution in [0.1, 0.15) is 30.9 Å². The van der Waals surface area contributed by atoms with Crippen molar-refractivity contribution >= 4 is 24.3 Å². The minimum absolute atomic E-state index is 0.144. The van der Waals surface area contributed by atoms with Crippen LogP contribution in [0.5, 0.6) is 0 Å². The first kappa shape index (κ1) is 18.2. The van der Waals surface area contributed by atoms with Crippen molar-refractivity contribution in [2.45, 2.75) is 32.7 Å². The maximum Gasteiger partial charge on any atom is 0.336 e. The first-order chi connectivity index (χ1) is 11.4. The molecule has 1 aromatic rings. The largest absolute Gasteiger partial charge is 0.461 e. The Kier molecular flexibility index (Phi) is 5.77. The summed E-state index contributed by atoms with van der Waals surface area (Å²) in [5.74, 6) is -0.908. The number of hydrogen-bond donors (Lipinski definition) is 1. The van der Waals surface area contributed by atoms with Gasteiger partial charge in [0.15, 0.2) is 0 Å². The van der Waals surface area contributed by atoms with Gasteiger partial charge >= 0.3 is 5.97 Å². The van der Waals surface area contributed by atoms with Crippen LogP contribution in [0.25, 0.3) is 0 Å². The number of aryl methyl sites for hydroxylation is 1. The summed E-state index contributed by atoms with van der Waals surface area (Å²) in [6.45, 7) is 5.35. The molecule has 6 nitrogen and oxygen atoms in total. The summed E-state index contributed by atoms with van der Waals surface area (Å²) < 4.78 is 5.18. The zero-order chi connectivity index (χ0) is 17.9. The van der Waals surface area contributed by atoms with Gasteiger partial charge in [-0.1, -0.05) is 29.8 Å². The van der Waals surface area contributed by atoms with E-state index in [1.807, 2.05) is 25.1 Å². The van der Waals surface area contributed by atoms with E-state index in [1.165, 1.54) is 0 Å². The summed E-state index contributed by atoms with van der Waals surface area (Å²) in [5, 5.41) is 11.7. The van der Waals surface area contributed by atoms with Gasteiger partial charge in [-0.05, 0) is 26.3 Å². The minimum Gasteiger partial charge on any atom is -0.461 e. The summed E-state index contributed by atoms with van der Waals surface area (Å²) in [6, 6.07) is 6.30. The number of ether oxygens (including phenoxy) is 1. The van der Waals surface area contributed by atoms with E-state index in [0.29, 0.717) is 22.7 Å². The highest BCUT2D eigenvalue weighted by Gasteiger charge is 2.44. The lowest BCUT2D eigenvalue weighted by Gasteiger charge is -2.27.